The van der Waals surface area contributed by atoms with Crippen molar-refractivity contribution >= 4 is 52.5 Å². The van der Waals surface area contributed by atoms with Gasteiger partial charge in [0.15, 0.2) is 0 Å². The van der Waals surface area contributed by atoms with E-state index in [0.717, 1.165) is 36.1 Å². The molecule has 6 nitrogen and oxygen atoms in total. The summed E-state index contributed by atoms with van der Waals surface area (Å²) in [5.74, 6) is -1.36. The summed E-state index contributed by atoms with van der Waals surface area (Å²) in [5.41, 5.74) is 1.73. The van der Waals surface area contributed by atoms with Gasteiger partial charge < -0.3 is 15.7 Å². The number of halogens is 1. The van der Waals surface area contributed by atoms with Crippen molar-refractivity contribution in [2.24, 2.45) is 5.92 Å². The molecule has 0 radical (unpaired) electrons. The van der Waals surface area contributed by atoms with Crippen molar-refractivity contribution in [3.05, 3.63) is 88.9 Å². The van der Waals surface area contributed by atoms with Gasteiger partial charge in [-0.3, -0.25) is 9.59 Å². The molecule has 1 aliphatic rings. The molecular formula is C28H27ClN2O4S. The Kier molecular flexibility index (Phi) is 8.67. The standard InChI is InChI=1S/C28H27ClN2O4S/c29-23-15-14-20(28(34)35)16-24(23)31-27(33)25(18-8-3-1-4-9-18)36-22-13-7-12-21(17-22)30-26(32)19-10-5-2-6-11-19/h1,3-4,7-9,12-17,19,25H,2,5-6,10-11H2,(H,30,32)(H,31,33)(H,34,35). The molecule has 0 aromatic heterocycles. The molecule has 0 spiro atoms. The Morgan fingerprint density at radius 1 is 0.889 bits per heavy atom. The van der Waals surface area contributed by atoms with Crippen LogP contribution in [0.2, 0.25) is 5.02 Å². The maximum atomic E-state index is 13.4. The highest BCUT2D eigenvalue weighted by atomic mass is 35.5. The third kappa shape index (κ3) is 6.68. The first-order valence-corrected chi connectivity index (χ1v) is 13.1. The molecule has 1 atom stereocenters. The normalized spacial score (nSPS) is 14.6. The van der Waals surface area contributed by atoms with Crippen LogP contribution in [0.1, 0.15) is 53.3 Å². The zero-order valence-electron chi connectivity index (χ0n) is 19.6. The number of anilines is 2. The van der Waals surface area contributed by atoms with E-state index in [-0.39, 0.29) is 34.0 Å². The molecule has 0 aliphatic heterocycles. The average Bonchev–Trinajstić information content (AvgIpc) is 2.89. The number of benzene rings is 3. The lowest BCUT2D eigenvalue weighted by Gasteiger charge is -2.21. The van der Waals surface area contributed by atoms with Crippen LogP contribution in [0, 0.1) is 5.92 Å². The first-order valence-electron chi connectivity index (χ1n) is 11.9. The van der Waals surface area contributed by atoms with Gasteiger partial charge in [0.05, 0.1) is 16.3 Å². The Morgan fingerprint density at radius 3 is 2.36 bits per heavy atom. The number of hydrogen-bond acceptors (Lipinski definition) is 4. The molecule has 36 heavy (non-hydrogen) atoms. The third-order valence-corrected chi connectivity index (χ3v) is 7.72. The van der Waals surface area contributed by atoms with Gasteiger partial charge in [-0.05, 0) is 54.8 Å². The first-order chi connectivity index (χ1) is 17.4. The third-order valence-electron chi connectivity index (χ3n) is 6.14. The van der Waals surface area contributed by atoms with E-state index in [4.69, 9.17) is 11.6 Å². The second-order valence-electron chi connectivity index (χ2n) is 8.75. The SMILES string of the molecule is O=C(O)c1ccc(Cl)c(NC(=O)C(Sc2cccc(NC(=O)C3CCCCC3)c2)c2ccccc2)c1. The van der Waals surface area contributed by atoms with Crippen LogP contribution in [0.4, 0.5) is 11.4 Å². The van der Waals surface area contributed by atoms with Crippen LogP contribution in [-0.4, -0.2) is 22.9 Å². The molecule has 8 heteroatoms. The van der Waals surface area contributed by atoms with Crippen LogP contribution in [0.5, 0.6) is 0 Å². The number of thioether (sulfide) groups is 1. The van der Waals surface area contributed by atoms with Crippen molar-refractivity contribution in [3.63, 3.8) is 0 Å². The zero-order chi connectivity index (χ0) is 25.5. The monoisotopic (exact) mass is 522 g/mol. The number of nitrogens with one attached hydrogen (secondary N) is 2. The minimum Gasteiger partial charge on any atom is -0.478 e. The summed E-state index contributed by atoms with van der Waals surface area (Å²) in [4.78, 5) is 38.3. The fourth-order valence-electron chi connectivity index (χ4n) is 4.25. The quantitative estimate of drug-likeness (QED) is 0.276. The number of carboxylic acid groups (broad SMARTS) is 1. The Labute approximate surface area is 219 Å². The molecule has 186 valence electrons. The van der Waals surface area contributed by atoms with Crippen LogP contribution in [0.15, 0.2) is 77.7 Å². The molecule has 1 unspecified atom stereocenters. The van der Waals surface area contributed by atoms with Gasteiger partial charge in [0.1, 0.15) is 5.25 Å². The van der Waals surface area contributed by atoms with Gasteiger partial charge in [0.2, 0.25) is 11.8 Å². The molecule has 2 amide bonds. The molecule has 1 saturated carbocycles. The Hall–Kier alpha value is -3.29. The van der Waals surface area contributed by atoms with E-state index in [2.05, 4.69) is 10.6 Å². The van der Waals surface area contributed by atoms with Gasteiger partial charge >= 0.3 is 5.97 Å². The summed E-state index contributed by atoms with van der Waals surface area (Å²) in [6.07, 6.45) is 5.19. The number of rotatable bonds is 8. The molecule has 0 saturated heterocycles. The van der Waals surface area contributed by atoms with Gasteiger partial charge in [-0.25, -0.2) is 4.79 Å². The van der Waals surface area contributed by atoms with E-state index >= 15 is 0 Å². The summed E-state index contributed by atoms with van der Waals surface area (Å²) in [5, 5.41) is 14.7. The lowest BCUT2D eigenvalue weighted by molar-refractivity contribution is -0.120. The van der Waals surface area contributed by atoms with E-state index in [1.54, 1.807) is 0 Å². The van der Waals surface area contributed by atoms with Gasteiger partial charge in [-0.15, -0.1) is 11.8 Å². The smallest absolute Gasteiger partial charge is 0.335 e. The molecule has 1 aliphatic carbocycles. The van der Waals surface area contributed by atoms with Crippen molar-refractivity contribution in [1.29, 1.82) is 0 Å². The molecule has 1 fully saturated rings. The van der Waals surface area contributed by atoms with Crippen LogP contribution >= 0.6 is 23.4 Å². The highest BCUT2D eigenvalue weighted by molar-refractivity contribution is 8.00. The first kappa shape index (κ1) is 25.8. The lowest BCUT2D eigenvalue weighted by Crippen LogP contribution is -2.24. The Morgan fingerprint density at radius 2 is 1.64 bits per heavy atom. The van der Waals surface area contributed by atoms with Gasteiger partial charge in [-0.1, -0.05) is 67.3 Å². The molecule has 3 aromatic carbocycles. The van der Waals surface area contributed by atoms with Crippen molar-refractivity contribution in [1.82, 2.24) is 0 Å². The Balaban J connectivity index is 1.54. The maximum Gasteiger partial charge on any atom is 0.335 e. The summed E-state index contributed by atoms with van der Waals surface area (Å²) in [6, 6.07) is 20.9. The van der Waals surface area contributed by atoms with E-state index in [9.17, 15) is 19.5 Å². The summed E-state index contributed by atoms with van der Waals surface area (Å²) < 4.78 is 0. The van der Waals surface area contributed by atoms with Crippen LogP contribution < -0.4 is 10.6 Å². The minimum absolute atomic E-state index is 0.0278. The second kappa shape index (κ2) is 12.1. The van der Waals surface area contributed by atoms with Crippen molar-refractivity contribution in [3.8, 4) is 0 Å². The Bertz CT molecular complexity index is 1250. The average molecular weight is 523 g/mol. The number of amides is 2. The second-order valence-corrected chi connectivity index (χ2v) is 10.3. The maximum absolute atomic E-state index is 13.4. The van der Waals surface area contributed by atoms with Crippen molar-refractivity contribution in [2.75, 3.05) is 10.6 Å². The molecule has 0 bridgehead atoms. The number of carboxylic acids is 1. The van der Waals surface area contributed by atoms with Gasteiger partial charge in [0.25, 0.3) is 0 Å². The van der Waals surface area contributed by atoms with E-state index in [1.165, 1.54) is 36.4 Å². The minimum atomic E-state index is -1.11. The molecule has 3 aromatic rings. The number of carbonyl (C=O) groups is 3. The topological polar surface area (TPSA) is 95.5 Å². The van der Waals surface area contributed by atoms with E-state index in [0.29, 0.717) is 5.69 Å². The molecule has 3 N–H and O–H groups in total. The summed E-state index contributed by atoms with van der Waals surface area (Å²) in [6.45, 7) is 0. The van der Waals surface area contributed by atoms with Crippen LogP contribution in [0.3, 0.4) is 0 Å². The van der Waals surface area contributed by atoms with Crippen molar-refractivity contribution in [2.45, 2.75) is 42.2 Å². The summed E-state index contributed by atoms with van der Waals surface area (Å²) >= 11 is 7.57. The van der Waals surface area contributed by atoms with E-state index in [1.807, 2.05) is 54.6 Å². The van der Waals surface area contributed by atoms with E-state index < -0.39 is 11.2 Å². The van der Waals surface area contributed by atoms with Crippen LogP contribution in [0.25, 0.3) is 0 Å². The molecule has 4 rings (SSSR count). The fourth-order valence-corrected chi connectivity index (χ4v) is 5.49. The number of hydrogen-bond donors (Lipinski definition) is 3. The zero-order valence-corrected chi connectivity index (χ0v) is 21.1. The fraction of sp³-hybridized carbons (Fsp3) is 0.250. The van der Waals surface area contributed by atoms with Crippen LogP contribution in [-0.2, 0) is 9.59 Å². The van der Waals surface area contributed by atoms with Crippen molar-refractivity contribution < 1.29 is 19.5 Å². The predicted octanol–water partition coefficient (Wildman–Crippen LogP) is 7.03. The van der Waals surface area contributed by atoms with Gasteiger partial charge in [-0.2, -0.15) is 0 Å². The largest absolute Gasteiger partial charge is 0.478 e. The molecule has 0 heterocycles. The summed E-state index contributed by atoms with van der Waals surface area (Å²) in [7, 11) is 0. The predicted molar refractivity (Wildman–Crippen MR) is 144 cm³/mol. The highest BCUT2D eigenvalue weighted by Gasteiger charge is 2.24. The number of aromatic carboxylic acids is 1. The lowest BCUT2D eigenvalue weighted by atomic mass is 9.88. The molecular weight excluding hydrogens is 496 g/mol. The number of carbonyl (C=O) groups excluding carboxylic acids is 2. The van der Waals surface area contributed by atoms with Gasteiger partial charge in [0, 0.05) is 16.5 Å². The highest BCUT2D eigenvalue weighted by Crippen LogP contribution is 2.38.